The number of fused-ring (bicyclic) bond motifs is 1. The maximum absolute atomic E-state index is 12.2. The minimum atomic E-state index is -0.376. The van der Waals surface area contributed by atoms with E-state index in [0.29, 0.717) is 17.1 Å². The highest BCUT2D eigenvalue weighted by Crippen LogP contribution is 2.31. The van der Waals surface area contributed by atoms with Crippen LogP contribution in [0.15, 0.2) is 58.1 Å². The molecule has 0 spiro atoms. The van der Waals surface area contributed by atoms with Gasteiger partial charge in [0.15, 0.2) is 6.61 Å². The fourth-order valence-corrected chi connectivity index (χ4v) is 2.83. The summed E-state index contributed by atoms with van der Waals surface area (Å²) in [6, 6.07) is 14.7. The zero-order chi connectivity index (χ0) is 17.8. The molecule has 0 fully saturated rings. The van der Waals surface area contributed by atoms with E-state index in [0.717, 1.165) is 10.0 Å². The highest BCUT2D eigenvalue weighted by Gasteiger charge is 2.26. The monoisotopic (exact) mass is 401 g/mol. The lowest BCUT2D eigenvalue weighted by atomic mass is 10.1. The number of anilines is 1. The number of hydrogen-bond donors (Lipinski definition) is 1. The number of ether oxygens (including phenoxy) is 1. The van der Waals surface area contributed by atoms with E-state index in [2.05, 4.69) is 26.5 Å². The predicted molar refractivity (Wildman–Crippen MR) is 98.8 cm³/mol. The van der Waals surface area contributed by atoms with E-state index in [1.54, 1.807) is 25.1 Å². The molecule has 3 rings (SSSR count). The van der Waals surface area contributed by atoms with E-state index < -0.39 is 0 Å². The maximum Gasteiger partial charge on any atom is 0.265 e. The molecule has 1 heterocycles. The zero-order valence-corrected chi connectivity index (χ0v) is 15.1. The third-order valence-electron chi connectivity index (χ3n) is 3.70. The lowest BCUT2D eigenvalue weighted by Gasteiger charge is -2.28. The van der Waals surface area contributed by atoms with Gasteiger partial charge in [0.2, 0.25) is 0 Å². The molecule has 0 unspecified atom stereocenters. The molecule has 0 saturated carbocycles. The lowest BCUT2D eigenvalue weighted by molar-refractivity contribution is -0.125. The number of hydrazone groups is 1. The molecule has 0 radical (unpaired) electrons. The van der Waals surface area contributed by atoms with Crippen molar-refractivity contribution in [3.63, 3.8) is 0 Å². The first kappa shape index (κ1) is 17.2. The Morgan fingerprint density at radius 3 is 2.88 bits per heavy atom. The van der Waals surface area contributed by atoms with Crippen LogP contribution in [-0.2, 0) is 9.59 Å². The molecule has 0 aliphatic carbocycles. The van der Waals surface area contributed by atoms with Crippen LogP contribution in [0.2, 0.25) is 0 Å². The molecule has 0 atom stereocenters. The second-order valence-electron chi connectivity index (χ2n) is 5.48. The van der Waals surface area contributed by atoms with Crippen LogP contribution in [0, 0.1) is 0 Å². The average Bonchev–Trinajstić information content (AvgIpc) is 2.62. The summed E-state index contributed by atoms with van der Waals surface area (Å²) in [5, 5.41) is 4.11. The number of benzene rings is 2. The van der Waals surface area contributed by atoms with Crippen molar-refractivity contribution in [1.29, 1.82) is 0 Å². The molecule has 2 aromatic rings. The van der Waals surface area contributed by atoms with Gasteiger partial charge in [0, 0.05) is 4.47 Å². The molecule has 6 nitrogen and oxygen atoms in total. The van der Waals surface area contributed by atoms with Gasteiger partial charge in [0.05, 0.1) is 11.4 Å². The minimum Gasteiger partial charge on any atom is -0.482 e. The van der Waals surface area contributed by atoms with Gasteiger partial charge >= 0.3 is 0 Å². The largest absolute Gasteiger partial charge is 0.482 e. The number of nitrogens with one attached hydrogen (secondary N) is 1. The first-order chi connectivity index (χ1) is 12.0. The molecule has 25 heavy (non-hydrogen) atoms. The summed E-state index contributed by atoms with van der Waals surface area (Å²) in [7, 11) is 0. The third kappa shape index (κ3) is 4.06. The number of hydrogen-bond acceptors (Lipinski definition) is 4. The molecular weight excluding hydrogens is 386 g/mol. The number of para-hydroxylation sites is 2. The van der Waals surface area contributed by atoms with Crippen LogP contribution in [0.5, 0.6) is 5.75 Å². The van der Waals surface area contributed by atoms with Crippen molar-refractivity contribution >= 4 is 39.1 Å². The molecule has 7 heteroatoms. The van der Waals surface area contributed by atoms with Crippen molar-refractivity contribution in [2.24, 2.45) is 5.10 Å². The summed E-state index contributed by atoms with van der Waals surface area (Å²) in [6.07, 6.45) is 0. The van der Waals surface area contributed by atoms with Crippen LogP contribution in [0.3, 0.4) is 0 Å². The molecule has 0 aromatic heterocycles. The number of halogens is 1. The van der Waals surface area contributed by atoms with Crippen molar-refractivity contribution in [3.8, 4) is 5.75 Å². The van der Waals surface area contributed by atoms with Crippen LogP contribution < -0.4 is 15.1 Å². The van der Waals surface area contributed by atoms with Gasteiger partial charge in [0.25, 0.3) is 11.8 Å². The Hall–Kier alpha value is -2.67. The molecule has 1 aliphatic heterocycles. The van der Waals surface area contributed by atoms with Crippen molar-refractivity contribution in [2.45, 2.75) is 6.92 Å². The first-order valence-electron chi connectivity index (χ1n) is 7.66. The summed E-state index contributed by atoms with van der Waals surface area (Å²) >= 11 is 3.40. The highest BCUT2D eigenvalue weighted by molar-refractivity contribution is 9.10. The Bertz CT molecular complexity index is 851. The minimum absolute atomic E-state index is 0.0787. The summed E-state index contributed by atoms with van der Waals surface area (Å²) in [5.74, 6) is -0.0512. The smallest absolute Gasteiger partial charge is 0.265 e. The molecule has 0 bridgehead atoms. The SMILES string of the molecule is C/C(=N/NC(=O)CN1C(=O)COc2ccccc21)c1cccc(Br)c1. The van der Waals surface area contributed by atoms with E-state index in [1.807, 2.05) is 30.3 Å². The molecule has 2 aromatic carbocycles. The van der Waals surface area contributed by atoms with Crippen LogP contribution in [0.1, 0.15) is 12.5 Å². The molecule has 0 saturated heterocycles. The van der Waals surface area contributed by atoms with Gasteiger partial charge in [-0.2, -0.15) is 5.10 Å². The predicted octanol–water partition coefficient (Wildman–Crippen LogP) is 2.71. The fourth-order valence-electron chi connectivity index (χ4n) is 2.43. The lowest BCUT2D eigenvalue weighted by Crippen LogP contribution is -2.44. The van der Waals surface area contributed by atoms with Crippen molar-refractivity contribution in [2.75, 3.05) is 18.1 Å². The Morgan fingerprint density at radius 2 is 2.08 bits per heavy atom. The average molecular weight is 402 g/mol. The van der Waals surface area contributed by atoms with Crippen molar-refractivity contribution in [3.05, 3.63) is 58.6 Å². The maximum atomic E-state index is 12.2. The number of rotatable bonds is 4. The highest BCUT2D eigenvalue weighted by atomic mass is 79.9. The summed E-state index contributed by atoms with van der Waals surface area (Å²) in [6.45, 7) is 1.61. The van der Waals surface area contributed by atoms with Gasteiger partial charge in [-0.05, 0) is 36.8 Å². The van der Waals surface area contributed by atoms with Gasteiger partial charge in [0.1, 0.15) is 12.3 Å². The number of carbonyl (C=O) groups excluding carboxylic acids is 2. The Morgan fingerprint density at radius 1 is 1.28 bits per heavy atom. The second kappa shape index (κ2) is 7.48. The van der Waals surface area contributed by atoms with Crippen molar-refractivity contribution < 1.29 is 14.3 Å². The number of carbonyl (C=O) groups is 2. The molecule has 1 N–H and O–H groups in total. The van der Waals surface area contributed by atoms with E-state index in [1.165, 1.54) is 4.90 Å². The van der Waals surface area contributed by atoms with Gasteiger partial charge in [-0.25, -0.2) is 5.43 Å². The molecular formula is C18H16BrN3O3. The van der Waals surface area contributed by atoms with E-state index in [4.69, 9.17) is 4.74 Å². The van der Waals surface area contributed by atoms with Crippen LogP contribution in [0.4, 0.5) is 5.69 Å². The van der Waals surface area contributed by atoms with E-state index in [-0.39, 0.29) is 25.0 Å². The van der Waals surface area contributed by atoms with E-state index in [9.17, 15) is 9.59 Å². The molecule has 2 amide bonds. The topological polar surface area (TPSA) is 71.0 Å². The summed E-state index contributed by atoms with van der Waals surface area (Å²) in [4.78, 5) is 25.7. The number of amides is 2. The first-order valence-corrected chi connectivity index (χ1v) is 8.45. The van der Waals surface area contributed by atoms with Crippen LogP contribution in [-0.4, -0.2) is 30.7 Å². The standard InChI is InChI=1S/C18H16BrN3O3/c1-12(13-5-4-6-14(19)9-13)20-21-17(23)10-22-15-7-2-3-8-16(15)25-11-18(22)24/h2-9H,10-11H2,1H3,(H,21,23)/b20-12-. The van der Waals surface area contributed by atoms with Gasteiger partial charge in [-0.15, -0.1) is 0 Å². The van der Waals surface area contributed by atoms with Crippen LogP contribution in [0.25, 0.3) is 0 Å². The zero-order valence-electron chi connectivity index (χ0n) is 13.5. The van der Waals surface area contributed by atoms with Gasteiger partial charge in [-0.1, -0.05) is 40.2 Å². The molecule has 128 valence electrons. The van der Waals surface area contributed by atoms with Gasteiger partial charge in [-0.3, -0.25) is 14.5 Å². The summed E-state index contributed by atoms with van der Waals surface area (Å²) in [5.41, 5.74) is 4.64. The Kier molecular flexibility index (Phi) is 5.14. The second-order valence-corrected chi connectivity index (χ2v) is 6.39. The summed E-state index contributed by atoms with van der Waals surface area (Å²) < 4.78 is 6.29. The van der Waals surface area contributed by atoms with E-state index >= 15 is 0 Å². The molecule has 1 aliphatic rings. The fraction of sp³-hybridized carbons (Fsp3) is 0.167. The Labute approximate surface area is 153 Å². The normalized spacial score (nSPS) is 13.9. The Balaban J connectivity index is 1.69. The number of nitrogens with zero attached hydrogens (tertiary/aromatic N) is 2. The third-order valence-corrected chi connectivity index (χ3v) is 4.19. The van der Waals surface area contributed by atoms with Crippen LogP contribution >= 0.6 is 15.9 Å². The van der Waals surface area contributed by atoms with Gasteiger partial charge < -0.3 is 4.74 Å². The van der Waals surface area contributed by atoms with Crippen molar-refractivity contribution in [1.82, 2.24) is 5.43 Å². The quantitative estimate of drug-likeness (QED) is 0.632.